The van der Waals surface area contributed by atoms with Crippen LogP contribution in [0.5, 0.6) is 0 Å². The van der Waals surface area contributed by atoms with Gasteiger partial charge in [-0.25, -0.2) is 0 Å². The molecule has 0 heterocycles. The molecule has 2 atom stereocenters. The number of aliphatic carboxylic acids is 1. The van der Waals surface area contributed by atoms with Crippen LogP contribution in [-0.2, 0) is 4.79 Å². The molecule has 3 nitrogen and oxygen atoms in total. The lowest BCUT2D eigenvalue weighted by atomic mass is 9.73. The second-order valence-corrected chi connectivity index (χ2v) is 5.01. The smallest absolute Gasteiger partial charge is 0.313 e. The fourth-order valence-corrected chi connectivity index (χ4v) is 1.92. The Labute approximate surface area is 96.5 Å². The molecule has 0 spiro atoms. The highest BCUT2D eigenvalue weighted by Gasteiger charge is 2.42. The average Bonchev–Trinajstić information content (AvgIpc) is 2.17. The van der Waals surface area contributed by atoms with Gasteiger partial charge in [-0.3, -0.25) is 4.79 Å². The van der Waals surface area contributed by atoms with Gasteiger partial charge in [0.25, 0.3) is 0 Å². The van der Waals surface area contributed by atoms with E-state index in [1.165, 1.54) is 0 Å². The molecule has 90 valence electrons. The van der Waals surface area contributed by atoms with E-state index in [9.17, 15) is 15.0 Å². The summed E-state index contributed by atoms with van der Waals surface area (Å²) < 4.78 is 0. The van der Waals surface area contributed by atoms with Crippen molar-refractivity contribution in [2.45, 2.75) is 33.3 Å². The normalized spacial score (nSPS) is 29.7. The van der Waals surface area contributed by atoms with Gasteiger partial charge in [-0.1, -0.05) is 45.9 Å². The molecule has 0 fully saturated rings. The molecule has 0 bridgehead atoms. The Hall–Kier alpha value is -1.09. The summed E-state index contributed by atoms with van der Waals surface area (Å²) in [5, 5.41) is 19.5. The van der Waals surface area contributed by atoms with Crippen molar-refractivity contribution < 1.29 is 15.0 Å². The summed E-state index contributed by atoms with van der Waals surface area (Å²) in [6.07, 6.45) is 5.14. The Kier molecular flexibility index (Phi) is 3.58. The van der Waals surface area contributed by atoms with Gasteiger partial charge in [0, 0.05) is 0 Å². The van der Waals surface area contributed by atoms with Crippen LogP contribution in [0.1, 0.15) is 27.7 Å². The number of carboxylic acid groups (broad SMARTS) is 1. The molecular formula is C13H20O3. The molecule has 1 aliphatic rings. The topological polar surface area (TPSA) is 57.5 Å². The maximum absolute atomic E-state index is 11.2. The van der Waals surface area contributed by atoms with Gasteiger partial charge >= 0.3 is 5.97 Å². The largest absolute Gasteiger partial charge is 0.481 e. The third kappa shape index (κ3) is 2.19. The molecular weight excluding hydrogens is 204 g/mol. The molecule has 0 aromatic rings. The van der Waals surface area contributed by atoms with Crippen LogP contribution in [0.2, 0.25) is 0 Å². The minimum Gasteiger partial charge on any atom is -0.481 e. The average molecular weight is 224 g/mol. The minimum absolute atomic E-state index is 0.130. The van der Waals surface area contributed by atoms with Crippen molar-refractivity contribution >= 4 is 5.97 Å². The number of hydrogen-bond acceptors (Lipinski definition) is 2. The predicted octanol–water partition coefficient (Wildman–Crippen LogP) is 2.23. The molecule has 0 amide bonds. The quantitative estimate of drug-likeness (QED) is 0.772. The molecule has 0 saturated heterocycles. The predicted molar refractivity (Wildman–Crippen MR) is 63.0 cm³/mol. The lowest BCUT2D eigenvalue weighted by Gasteiger charge is -2.36. The van der Waals surface area contributed by atoms with Crippen molar-refractivity contribution in [2.24, 2.45) is 17.8 Å². The van der Waals surface area contributed by atoms with Crippen molar-refractivity contribution in [1.82, 2.24) is 0 Å². The molecule has 2 N–H and O–H groups in total. The van der Waals surface area contributed by atoms with Crippen LogP contribution >= 0.6 is 0 Å². The maximum atomic E-state index is 11.2. The first-order chi connectivity index (χ1) is 7.29. The fourth-order valence-electron chi connectivity index (χ4n) is 1.92. The standard InChI is InChI=1S/C13H20O3/c1-8(2)10-5-6-13(16,9(3)4)11(7-10)12(14)15/h5-9,11,16H,1-4H3,(H,14,15). The maximum Gasteiger partial charge on any atom is 0.313 e. The number of carboxylic acids is 1. The van der Waals surface area contributed by atoms with Crippen molar-refractivity contribution in [1.29, 1.82) is 0 Å². The summed E-state index contributed by atoms with van der Waals surface area (Å²) in [6, 6.07) is 0. The van der Waals surface area contributed by atoms with Crippen LogP contribution in [0, 0.1) is 17.8 Å². The summed E-state index contributed by atoms with van der Waals surface area (Å²) in [7, 11) is 0. The van der Waals surface area contributed by atoms with Gasteiger partial charge in [0.1, 0.15) is 11.5 Å². The van der Waals surface area contributed by atoms with Crippen molar-refractivity contribution in [2.75, 3.05) is 0 Å². The monoisotopic (exact) mass is 224 g/mol. The van der Waals surface area contributed by atoms with Gasteiger partial charge in [-0.2, -0.15) is 0 Å². The molecule has 3 heteroatoms. The Morgan fingerprint density at radius 3 is 2.31 bits per heavy atom. The van der Waals surface area contributed by atoms with E-state index < -0.39 is 17.5 Å². The van der Waals surface area contributed by atoms with E-state index in [1.807, 2.05) is 33.8 Å². The van der Waals surface area contributed by atoms with Crippen LogP contribution in [0.25, 0.3) is 0 Å². The zero-order valence-corrected chi connectivity index (χ0v) is 10.3. The summed E-state index contributed by atoms with van der Waals surface area (Å²) >= 11 is 0. The third-order valence-corrected chi connectivity index (χ3v) is 3.26. The Morgan fingerprint density at radius 2 is 1.94 bits per heavy atom. The number of carbonyl (C=O) groups is 1. The van der Waals surface area contributed by atoms with Gasteiger partial charge in [0.05, 0.1) is 0 Å². The highest BCUT2D eigenvalue weighted by molar-refractivity contribution is 5.75. The molecule has 0 saturated carbocycles. The highest BCUT2D eigenvalue weighted by Crippen LogP contribution is 2.35. The first kappa shape index (κ1) is 13.0. The zero-order chi connectivity index (χ0) is 12.5. The number of rotatable bonds is 3. The van der Waals surface area contributed by atoms with E-state index in [0.717, 1.165) is 5.57 Å². The number of allylic oxidation sites excluding steroid dienone is 2. The number of aliphatic hydroxyl groups is 1. The minimum atomic E-state index is -1.27. The van der Waals surface area contributed by atoms with E-state index in [0.29, 0.717) is 0 Å². The van der Waals surface area contributed by atoms with Crippen LogP contribution < -0.4 is 0 Å². The van der Waals surface area contributed by atoms with Crippen molar-refractivity contribution in [3.63, 3.8) is 0 Å². The first-order valence-electron chi connectivity index (χ1n) is 5.65. The zero-order valence-electron chi connectivity index (χ0n) is 10.3. The molecule has 0 aromatic carbocycles. The van der Waals surface area contributed by atoms with Gasteiger partial charge < -0.3 is 10.2 Å². The first-order valence-corrected chi connectivity index (χ1v) is 5.65. The van der Waals surface area contributed by atoms with Crippen LogP contribution in [0.15, 0.2) is 23.8 Å². The van der Waals surface area contributed by atoms with Crippen LogP contribution in [0.3, 0.4) is 0 Å². The van der Waals surface area contributed by atoms with Crippen LogP contribution in [-0.4, -0.2) is 21.8 Å². The highest BCUT2D eigenvalue weighted by atomic mass is 16.4. The number of hydrogen-bond donors (Lipinski definition) is 2. The second-order valence-electron chi connectivity index (χ2n) is 5.01. The van der Waals surface area contributed by atoms with Gasteiger partial charge in [-0.15, -0.1) is 0 Å². The van der Waals surface area contributed by atoms with Gasteiger partial charge in [0.2, 0.25) is 0 Å². The molecule has 1 rings (SSSR count). The van der Waals surface area contributed by atoms with Crippen molar-refractivity contribution in [3.8, 4) is 0 Å². The molecule has 0 radical (unpaired) electrons. The van der Waals surface area contributed by atoms with E-state index in [1.54, 1.807) is 12.2 Å². The molecule has 16 heavy (non-hydrogen) atoms. The van der Waals surface area contributed by atoms with Crippen molar-refractivity contribution in [3.05, 3.63) is 23.8 Å². The molecule has 2 unspecified atom stereocenters. The molecule has 0 aromatic heterocycles. The third-order valence-electron chi connectivity index (χ3n) is 3.26. The Balaban J connectivity index is 3.12. The van der Waals surface area contributed by atoms with E-state index in [-0.39, 0.29) is 11.8 Å². The van der Waals surface area contributed by atoms with E-state index >= 15 is 0 Å². The Bertz CT molecular complexity index is 339. The fraction of sp³-hybridized carbons (Fsp3) is 0.615. The SMILES string of the molecule is CC(C)C1=CC(C(=O)O)C(O)(C(C)C)C=C1. The van der Waals surface area contributed by atoms with Gasteiger partial charge in [0.15, 0.2) is 0 Å². The summed E-state index contributed by atoms with van der Waals surface area (Å²) in [4.78, 5) is 11.2. The lowest BCUT2D eigenvalue weighted by Crippen LogP contribution is -2.45. The lowest BCUT2D eigenvalue weighted by molar-refractivity contribution is -0.148. The molecule has 1 aliphatic carbocycles. The summed E-state index contributed by atoms with van der Waals surface area (Å²) in [5.41, 5.74) is -0.303. The molecule has 0 aliphatic heterocycles. The van der Waals surface area contributed by atoms with Crippen LogP contribution in [0.4, 0.5) is 0 Å². The second kappa shape index (κ2) is 4.42. The summed E-state index contributed by atoms with van der Waals surface area (Å²) in [5.74, 6) is -1.68. The van der Waals surface area contributed by atoms with E-state index in [4.69, 9.17) is 0 Å². The summed E-state index contributed by atoms with van der Waals surface area (Å²) in [6.45, 7) is 7.67. The van der Waals surface area contributed by atoms with Gasteiger partial charge in [-0.05, 0) is 17.4 Å². The Morgan fingerprint density at radius 1 is 1.38 bits per heavy atom. The van der Waals surface area contributed by atoms with E-state index in [2.05, 4.69) is 0 Å².